The van der Waals surface area contributed by atoms with Gasteiger partial charge in [0, 0.05) is 10.2 Å². The summed E-state index contributed by atoms with van der Waals surface area (Å²) in [5.41, 5.74) is 8.95. The van der Waals surface area contributed by atoms with Crippen LogP contribution in [0.5, 0.6) is 0 Å². The quantitative estimate of drug-likeness (QED) is 0.819. The molecular formula is C14H13BrFN3S. The van der Waals surface area contributed by atoms with Crippen LogP contribution in [0.15, 0.2) is 28.7 Å². The first-order valence-corrected chi connectivity index (χ1v) is 7.08. The molecule has 0 spiro atoms. The van der Waals surface area contributed by atoms with E-state index in [0.717, 1.165) is 11.3 Å². The van der Waals surface area contributed by atoms with E-state index in [0.29, 0.717) is 21.5 Å². The fourth-order valence-corrected chi connectivity index (χ4v) is 2.66. The number of thiocarbonyl (C=S) groups is 1. The van der Waals surface area contributed by atoms with Gasteiger partial charge in [0.1, 0.15) is 16.6 Å². The van der Waals surface area contributed by atoms with Crippen LogP contribution in [0, 0.1) is 19.7 Å². The van der Waals surface area contributed by atoms with Crippen molar-refractivity contribution >= 4 is 44.6 Å². The Bertz CT molecular complexity index is 688. The number of rotatable bonds is 3. The van der Waals surface area contributed by atoms with Crippen molar-refractivity contribution in [2.24, 2.45) is 5.73 Å². The summed E-state index contributed by atoms with van der Waals surface area (Å²) in [7, 11) is 0. The minimum atomic E-state index is -0.314. The second-order valence-electron chi connectivity index (χ2n) is 4.42. The molecule has 2 aromatic rings. The summed E-state index contributed by atoms with van der Waals surface area (Å²) in [4.78, 5) is 4.69. The summed E-state index contributed by atoms with van der Waals surface area (Å²) < 4.78 is 13.7. The van der Waals surface area contributed by atoms with Crippen molar-refractivity contribution in [3.8, 4) is 0 Å². The monoisotopic (exact) mass is 353 g/mol. The zero-order valence-electron chi connectivity index (χ0n) is 11.0. The lowest BCUT2D eigenvalue weighted by Crippen LogP contribution is -2.15. The first-order chi connectivity index (χ1) is 9.38. The maximum atomic E-state index is 13.1. The number of aryl methyl sites for hydroxylation is 2. The SMILES string of the molecule is Cc1cc(C)c(C(N)=S)c(Nc2ccc(F)cc2Br)n1. The molecule has 1 aromatic carbocycles. The third-order valence-electron chi connectivity index (χ3n) is 2.78. The summed E-state index contributed by atoms with van der Waals surface area (Å²) in [6.07, 6.45) is 0. The number of nitrogens with one attached hydrogen (secondary N) is 1. The van der Waals surface area contributed by atoms with E-state index in [2.05, 4.69) is 26.2 Å². The molecule has 0 radical (unpaired) electrons. The molecule has 0 aliphatic heterocycles. The number of halogens is 2. The van der Waals surface area contributed by atoms with Crippen LogP contribution < -0.4 is 11.1 Å². The van der Waals surface area contributed by atoms with Crippen LogP contribution in [0.2, 0.25) is 0 Å². The predicted octanol–water partition coefficient (Wildman–Crippen LogP) is 3.98. The maximum Gasteiger partial charge on any atom is 0.141 e. The highest BCUT2D eigenvalue weighted by Crippen LogP contribution is 2.28. The first kappa shape index (κ1) is 14.9. The molecule has 6 heteroatoms. The minimum absolute atomic E-state index is 0.274. The molecule has 0 amide bonds. The van der Waals surface area contributed by atoms with Crippen LogP contribution in [0.1, 0.15) is 16.8 Å². The average Bonchev–Trinajstić information content (AvgIpc) is 2.31. The van der Waals surface area contributed by atoms with Crippen LogP contribution in [-0.4, -0.2) is 9.97 Å². The average molecular weight is 354 g/mol. The molecule has 1 heterocycles. The molecule has 20 heavy (non-hydrogen) atoms. The van der Waals surface area contributed by atoms with Crippen LogP contribution in [-0.2, 0) is 0 Å². The molecule has 0 bridgehead atoms. The van der Waals surface area contributed by atoms with Gasteiger partial charge in [-0.3, -0.25) is 0 Å². The molecule has 0 aliphatic rings. The molecule has 3 nitrogen and oxygen atoms in total. The van der Waals surface area contributed by atoms with E-state index in [9.17, 15) is 4.39 Å². The van der Waals surface area contributed by atoms with Gasteiger partial charge in [0.05, 0.1) is 11.3 Å². The van der Waals surface area contributed by atoms with Gasteiger partial charge in [0.2, 0.25) is 0 Å². The van der Waals surface area contributed by atoms with Crippen molar-refractivity contribution in [3.05, 3.63) is 51.4 Å². The van der Waals surface area contributed by atoms with Gasteiger partial charge in [0.15, 0.2) is 0 Å². The van der Waals surface area contributed by atoms with Gasteiger partial charge in [-0.2, -0.15) is 0 Å². The standard InChI is InChI=1S/C14H13BrFN3S/c1-7-5-8(2)18-14(12(7)13(17)20)19-11-4-3-9(16)6-10(11)15/h3-6H,1-2H3,(H2,17,20)(H,18,19). The number of nitrogens with zero attached hydrogens (tertiary/aromatic N) is 1. The van der Waals surface area contributed by atoms with Gasteiger partial charge < -0.3 is 11.1 Å². The van der Waals surface area contributed by atoms with Crippen molar-refractivity contribution in [1.82, 2.24) is 4.98 Å². The van der Waals surface area contributed by atoms with Gasteiger partial charge in [0.25, 0.3) is 0 Å². The Balaban J connectivity index is 2.50. The molecule has 0 saturated heterocycles. The lowest BCUT2D eigenvalue weighted by molar-refractivity contribution is 0.627. The highest BCUT2D eigenvalue weighted by molar-refractivity contribution is 9.10. The Labute approximate surface area is 130 Å². The number of pyridine rings is 1. The molecule has 0 unspecified atom stereocenters. The molecule has 0 aliphatic carbocycles. The second kappa shape index (κ2) is 5.85. The number of hydrogen-bond donors (Lipinski definition) is 2. The molecule has 1 aromatic heterocycles. The largest absolute Gasteiger partial charge is 0.389 e. The number of benzene rings is 1. The Morgan fingerprint density at radius 2 is 2.05 bits per heavy atom. The second-order valence-corrected chi connectivity index (χ2v) is 5.71. The van der Waals surface area contributed by atoms with E-state index in [1.807, 2.05) is 19.9 Å². The molecule has 0 atom stereocenters. The number of aromatic nitrogens is 1. The minimum Gasteiger partial charge on any atom is -0.389 e. The fraction of sp³-hybridized carbons (Fsp3) is 0.143. The summed E-state index contributed by atoms with van der Waals surface area (Å²) in [6.45, 7) is 3.81. The highest BCUT2D eigenvalue weighted by atomic mass is 79.9. The predicted molar refractivity (Wildman–Crippen MR) is 87.0 cm³/mol. The maximum absolute atomic E-state index is 13.1. The van der Waals surface area contributed by atoms with E-state index in [-0.39, 0.29) is 10.8 Å². The van der Waals surface area contributed by atoms with Crippen LogP contribution in [0.4, 0.5) is 15.9 Å². The molecular weight excluding hydrogens is 341 g/mol. The number of anilines is 2. The summed E-state index contributed by atoms with van der Waals surface area (Å²) in [6, 6.07) is 6.29. The van der Waals surface area contributed by atoms with Gasteiger partial charge in [-0.15, -0.1) is 0 Å². The summed E-state index contributed by atoms with van der Waals surface area (Å²) in [5, 5.41) is 3.14. The Kier molecular flexibility index (Phi) is 4.35. The van der Waals surface area contributed by atoms with E-state index >= 15 is 0 Å². The van der Waals surface area contributed by atoms with Crippen molar-refractivity contribution in [3.63, 3.8) is 0 Å². The van der Waals surface area contributed by atoms with Gasteiger partial charge >= 0.3 is 0 Å². The van der Waals surface area contributed by atoms with E-state index in [4.69, 9.17) is 18.0 Å². The van der Waals surface area contributed by atoms with E-state index in [1.54, 1.807) is 6.07 Å². The van der Waals surface area contributed by atoms with Crippen LogP contribution in [0.25, 0.3) is 0 Å². The lowest BCUT2D eigenvalue weighted by atomic mass is 10.1. The number of nitrogens with two attached hydrogens (primary N) is 1. The normalized spacial score (nSPS) is 10.4. The van der Waals surface area contributed by atoms with E-state index < -0.39 is 0 Å². The van der Waals surface area contributed by atoms with Crippen LogP contribution >= 0.6 is 28.1 Å². The molecule has 104 valence electrons. The Morgan fingerprint density at radius 1 is 1.35 bits per heavy atom. The van der Waals surface area contributed by atoms with Gasteiger partial charge in [-0.25, -0.2) is 9.37 Å². The van der Waals surface area contributed by atoms with Crippen molar-refractivity contribution in [2.75, 3.05) is 5.32 Å². The first-order valence-electron chi connectivity index (χ1n) is 5.88. The highest BCUT2D eigenvalue weighted by Gasteiger charge is 2.13. The third kappa shape index (κ3) is 3.13. The number of hydrogen-bond acceptors (Lipinski definition) is 3. The molecule has 3 N–H and O–H groups in total. The topological polar surface area (TPSA) is 50.9 Å². The van der Waals surface area contributed by atoms with Gasteiger partial charge in [-0.05, 0) is 59.6 Å². The lowest BCUT2D eigenvalue weighted by Gasteiger charge is -2.14. The summed E-state index contributed by atoms with van der Waals surface area (Å²) >= 11 is 8.39. The zero-order valence-corrected chi connectivity index (χ0v) is 13.4. The van der Waals surface area contributed by atoms with Crippen molar-refractivity contribution in [1.29, 1.82) is 0 Å². The van der Waals surface area contributed by atoms with Crippen molar-refractivity contribution < 1.29 is 4.39 Å². The third-order valence-corrected chi connectivity index (χ3v) is 3.64. The molecule has 0 fully saturated rings. The Hall–Kier alpha value is -1.53. The van der Waals surface area contributed by atoms with Crippen molar-refractivity contribution in [2.45, 2.75) is 13.8 Å². The zero-order chi connectivity index (χ0) is 14.9. The summed E-state index contributed by atoms with van der Waals surface area (Å²) in [5.74, 6) is 0.257. The molecule has 0 saturated carbocycles. The Morgan fingerprint density at radius 3 is 2.65 bits per heavy atom. The van der Waals surface area contributed by atoms with Crippen LogP contribution in [0.3, 0.4) is 0 Å². The molecule has 2 rings (SSSR count). The van der Waals surface area contributed by atoms with Gasteiger partial charge in [-0.1, -0.05) is 12.2 Å². The fourth-order valence-electron chi connectivity index (χ4n) is 1.96. The smallest absolute Gasteiger partial charge is 0.141 e. The van der Waals surface area contributed by atoms with E-state index in [1.165, 1.54) is 12.1 Å².